The number of carbonyl (C=O) groups is 3. The molecular weight excluding hydrogens is 687 g/mol. The predicted octanol–water partition coefficient (Wildman–Crippen LogP) is 7.48. The van der Waals surface area contributed by atoms with E-state index in [1.807, 2.05) is 30.3 Å². The van der Waals surface area contributed by atoms with Crippen molar-refractivity contribution in [2.75, 3.05) is 19.0 Å². The lowest BCUT2D eigenvalue weighted by molar-refractivity contribution is 0.0473. The largest absolute Gasteiger partial charge is 0.481 e. The Morgan fingerprint density at radius 2 is 1.51 bits per heavy atom. The smallest absolute Gasteiger partial charge is 0.339 e. The van der Waals surface area contributed by atoms with Crippen LogP contribution in [0.4, 0.5) is 5.69 Å². The van der Waals surface area contributed by atoms with Gasteiger partial charge in [0.25, 0.3) is 11.8 Å². The summed E-state index contributed by atoms with van der Waals surface area (Å²) in [7, 11) is 0.584. The second kappa shape index (κ2) is 17.5. The summed E-state index contributed by atoms with van der Waals surface area (Å²) in [6, 6.07) is 23.5. The highest BCUT2D eigenvalue weighted by Gasteiger charge is 2.39. The number of pyridine rings is 1. The summed E-state index contributed by atoms with van der Waals surface area (Å²) in [5, 5.41) is 13.7. The number of anilines is 1. The number of nitrogens with zero attached hydrogens (tertiary/aromatic N) is 1. The minimum atomic E-state index is -0.856. The van der Waals surface area contributed by atoms with E-state index in [2.05, 4.69) is 63.3 Å². The van der Waals surface area contributed by atoms with E-state index >= 15 is 0 Å². The first-order valence-corrected chi connectivity index (χ1v) is 19.8. The lowest BCUT2D eigenvalue weighted by Crippen LogP contribution is -2.53. The molecule has 279 valence electrons. The number of nitrogens with two attached hydrogens (primary N) is 1. The number of rotatable bonds is 15. The number of carbonyl (C=O) groups excluding carboxylic acids is 3. The van der Waals surface area contributed by atoms with Crippen LogP contribution in [0, 0.1) is 16.2 Å². The van der Waals surface area contributed by atoms with Crippen LogP contribution in [0.1, 0.15) is 83.4 Å². The highest BCUT2D eigenvalue weighted by atomic mass is 28.3. The number of aromatic nitrogens is 1. The number of nitrogen functional groups attached to an aromatic ring is 1. The molecule has 1 radical (unpaired) electrons. The summed E-state index contributed by atoms with van der Waals surface area (Å²) >= 11 is 0. The first-order chi connectivity index (χ1) is 25.0. The molecule has 0 saturated carbocycles. The third-order valence-corrected chi connectivity index (χ3v) is 9.59. The Labute approximate surface area is 313 Å². The van der Waals surface area contributed by atoms with Crippen LogP contribution in [0.2, 0.25) is 13.1 Å². The fraction of sp³-hybridized carbons (Fsp3) is 0.341. The zero-order chi connectivity index (χ0) is 38.9. The molecule has 0 spiro atoms. The van der Waals surface area contributed by atoms with E-state index in [1.54, 1.807) is 48.5 Å². The van der Waals surface area contributed by atoms with Gasteiger partial charge in [0.1, 0.15) is 18.1 Å². The number of amidine groups is 1. The quantitative estimate of drug-likeness (QED) is 0.0422. The molecule has 4 rings (SSSR count). The number of amides is 2. The van der Waals surface area contributed by atoms with E-state index in [4.69, 9.17) is 25.0 Å². The standard InChI is InChI=1S/C41H50N5O6Si/c1-40(2,3)39(41(4,5)22-23-52-53(7)8)46-36(47)28-16-19-30(32(24-28)38(49)51-25-26-12-10-9-11-13-26)31-20-21-33(50-6)45-34(31)37(48)44-29-17-14-27(15-18-29)35(42)43/h9-21,24,39H,22-23,25H2,1-8H3,(H3,42,43)(H,44,48)(H,46,47). The third kappa shape index (κ3) is 10.8. The van der Waals surface area contributed by atoms with Crippen LogP contribution in [-0.4, -0.2) is 57.4 Å². The van der Waals surface area contributed by atoms with Crippen molar-refractivity contribution in [1.29, 1.82) is 5.41 Å². The van der Waals surface area contributed by atoms with Crippen molar-refractivity contribution >= 4 is 38.3 Å². The maximum absolute atomic E-state index is 14.1. The number of ether oxygens (including phenoxy) is 2. The molecule has 0 aliphatic rings. The predicted molar refractivity (Wildman–Crippen MR) is 210 cm³/mol. The molecule has 0 saturated heterocycles. The number of hydrogen-bond acceptors (Lipinski definition) is 8. The maximum Gasteiger partial charge on any atom is 0.339 e. The van der Waals surface area contributed by atoms with Crippen LogP contribution in [0.25, 0.3) is 11.1 Å². The molecule has 2 amide bonds. The van der Waals surface area contributed by atoms with Gasteiger partial charge in [0, 0.05) is 41.1 Å². The zero-order valence-corrected chi connectivity index (χ0v) is 32.8. The lowest BCUT2D eigenvalue weighted by atomic mass is 9.69. The van der Waals surface area contributed by atoms with Crippen molar-refractivity contribution in [3.63, 3.8) is 0 Å². The summed E-state index contributed by atoms with van der Waals surface area (Å²) in [5.74, 6) is -1.51. The van der Waals surface area contributed by atoms with Crippen molar-refractivity contribution in [1.82, 2.24) is 10.3 Å². The molecule has 4 aromatic rings. The maximum atomic E-state index is 14.1. The number of benzene rings is 3. The molecule has 0 bridgehead atoms. The average molecular weight is 737 g/mol. The van der Waals surface area contributed by atoms with Gasteiger partial charge in [-0.1, -0.05) is 71.0 Å². The Bertz CT molecular complexity index is 1920. The van der Waals surface area contributed by atoms with Gasteiger partial charge in [-0.15, -0.1) is 0 Å². The SMILES string of the molecule is COc1ccc(-c2ccc(C(=O)NC(C(C)(C)C)C(C)(C)CCO[Si](C)C)cc2C(=O)OCc2ccccc2)c(C(=O)Nc2ccc(C(=N)N)cc2)n1. The van der Waals surface area contributed by atoms with Gasteiger partial charge in [-0.05, 0) is 83.9 Å². The summed E-state index contributed by atoms with van der Waals surface area (Å²) in [6.07, 6.45) is 0.747. The Kier molecular flexibility index (Phi) is 13.3. The number of esters is 1. The minimum Gasteiger partial charge on any atom is -0.481 e. The van der Waals surface area contributed by atoms with Crippen molar-refractivity contribution in [3.05, 3.63) is 113 Å². The molecule has 3 aromatic carbocycles. The summed E-state index contributed by atoms with van der Waals surface area (Å²) in [5.41, 5.74) is 7.70. The number of nitrogens with one attached hydrogen (secondary N) is 3. The van der Waals surface area contributed by atoms with E-state index < -0.39 is 20.9 Å². The molecule has 0 fully saturated rings. The second-order valence-corrected chi connectivity index (χ2v) is 16.9. The van der Waals surface area contributed by atoms with Gasteiger partial charge in [0.05, 0.1) is 12.7 Å². The van der Waals surface area contributed by atoms with Gasteiger partial charge in [-0.3, -0.25) is 15.0 Å². The molecule has 12 heteroatoms. The first-order valence-electron chi connectivity index (χ1n) is 17.4. The van der Waals surface area contributed by atoms with Gasteiger partial charge in [0.15, 0.2) is 0 Å². The lowest BCUT2D eigenvalue weighted by Gasteiger charge is -2.43. The fourth-order valence-corrected chi connectivity index (χ4v) is 6.73. The molecule has 1 heterocycles. The van der Waals surface area contributed by atoms with Crippen LogP contribution < -0.4 is 21.1 Å². The van der Waals surface area contributed by atoms with E-state index in [1.165, 1.54) is 13.2 Å². The molecular formula is C41H50N5O6Si. The van der Waals surface area contributed by atoms with Gasteiger partial charge in [-0.25, -0.2) is 9.78 Å². The Morgan fingerprint density at radius 1 is 0.868 bits per heavy atom. The molecule has 0 aliphatic heterocycles. The first kappa shape index (κ1) is 40.4. The van der Waals surface area contributed by atoms with E-state index in [0.717, 1.165) is 12.0 Å². The number of methoxy groups -OCH3 is 1. The normalized spacial score (nSPS) is 12.2. The molecule has 0 aliphatic carbocycles. The fourth-order valence-electron chi connectivity index (χ4n) is 6.22. The Balaban J connectivity index is 1.76. The van der Waals surface area contributed by atoms with Gasteiger partial charge in [0.2, 0.25) is 14.9 Å². The summed E-state index contributed by atoms with van der Waals surface area (Å²) < 4.78 is 17.1. The Morgan fingerprint density at radius 3 is 2.11 bits per heavy atom. The number of hydrogen-bond donors (Lipinski definition) is 4. The Hall–Kier alpha value is -5.33. The topological polar surface area (TPSA) is 166 Å². The van der Waals surface area contributed by atoms with E-state index in [-0.39, 0.29) is 57.9 Å². The van der Waals surface area contributed by atoms with Gasteiger partial charge >= 0.3 is 5.97 Å². The highest BCUT2D eigenvalue weighted by molar-refractivity contribution is 6.48. The van der Waals surface area contributed by atoms with Crippen LogP contribution in [0.3, 0.4) is 0 Å². The van der Waals surface area contributed by atoms with Crippen LogP contribution in [0.5, 0.6) is 5.88 Å². The molecule has 53 heavy (non-hydrogen) atoms. The van der Waals surface area contributed by atoms with E-state index in [0.29, 0.717) is 29.0 Å². The monoisotopic (exact) mass is 736 g/mol. The molecule has 1 unspecified atom stereocenters. The van der Waals surface area contributed by atoms with Crippen molar-refractivity contribution in [3.8, 4) is 17.0 Å². The van der Waals surface area contributed by atoms with Crippen molar-refractivity contribution < 1.29 is 28.3 Å². The van der Waals surface area contributed by atoms with Gasteiger partial charge in [-0.2, -0.15) is 0 Å². The molecule has 5 N–H and O–H groups in total. The van der Waals surface area contributed by atoms with Crippen LogP contribution in [-0.2, 0) is 15.8 Å². The minimum absolute atomic E-state index is 0.000826. The summed E-state index contributed by atoms with van der Waals surface area (Å²) in [4.78, 5) is 46.3. The summed E-state index contributed by atoms with van der Waals surface area (Å²) in [6.45, 7) is 15.3. The van der Waals surface area contributed by atoms with E-state index in [9.17, 15) is 14.4 Å². The third-order valence-electron chi connectivity index (χ3n) is 8.81. The van der Waals surface area contributed by atoms with Gasteiger partial charge < -0.3 is 30.3 Å². The highest BCUT2D eigenvalue weighted by Crippen LogP contribution is 2.37. The van der Waals surface area contributed by atoms with Crippen LogP contribution >= 0.6 is 0 Å². The molecule has 1 aromatic heterocycles. The average Bonchev–Trinajstić information content (AvgIpc) is 3.12. The molecule has 1 atom stereocenters. The molecule has 11 nitrogen and oxygen atoms in total. The second-order valence-electron chi connectivity index (χ2n) is 14.8. The zero-order valence-electron chi connectivity index (χ0n) is 31.8. The van der Waals surface area contributed by atoms with Crippen LogP contribution in [0.15, 0.2) is 84.9 Å². The van der Waals surface area contributed by atoms with Crippen molar-refractivity contribution in [2.45, 2.75) is 66.8 Å². The van der Waals surface area contributed by atoms with Crippen molar-refractivity contribution in [2.24, 2.45) is 16.6 Å².